The van der Waals surface area contributed by atoms with E-state index in [0.717, 1.165) is 29.7 Å². The number of rotatable bonds is 4. The summed E-state index contributed by atoms with van der Waals surface area (Å²) in [6, 6.07) is 3.99. The lowest BCUT2D eigenvalue weighted by atomic mass is 10.1. The number of carbonyl (C=O) groups excluding carboxylic acids is 1. The van der Waals surface area contributed by atoms with E-state index in [1.165, 1.54) is 0 Å². The van der Waals surface area contributed by atoms with Crippen molar-refractivity contribution in [3.63, 3.8) is 0 Å². The first-order chi connectivity index (χ1) is 9.24. The average molecular weight is 256 g/mol. The van der Waals surface area contributed by atoms with Crippen LogP contribution in [0.1, 0.15) is 18.4 Å². The minimum atomic E-state index is 0.158. The van der Waals surface area contributed by atoms with E-state index in [1.54, 1.807) is 12.4 Å². The van der Waals surface area contributed by atoms with Gasteiger partial charge in [-0.3, -0.25) is 14.5 Å². The van der Waals surface area contributed by atoms with Crippen LogP contribution in [-0.4, -0.2) is 20.7 Å². The highest BCUT2D eigenvalue weighted by molar-refractivity contribution is 5.80. The SMILES string of the molecule is Cn1nccc1-c1cncc(CNC(=O)C2CC2)c1. The molecule has 3 rings (SSSR count). The average Bonchev–Trinajstić information content (AvgIpc) is 3.19. The lowest BCUT2D eigenvalue weighted by Crippen LogP contribution is -2.24. The summed E-state index contributed by atoms with van der Waals surface area (Å²) in [5.41, 5.74) is 3.04. The summed E-state index contributed by atoms with van der Waals surface area (Å²) >= 11 is 0. The number of pyridine rings is 1. The van der Waals surface area contributed by atoms with Crippen molar-refractivity contribution in [3.05, 3.63) is 36.3 Å². The van der Waals surface area contributed by atoms with Gasteiger partial charge in [0.05, 0.1) is 5.69 Å². The van der Waals surface area contributed by atoms with Gasteiger partial charge in [-0.15, -0.1) is 0 Å². The van der Waals surface area contributed by atoms with Gasteiger partial charge in [0.15, 0.2) is 0 Å². The zero-order valence-electron chi connectivity index (χ0n) is 10.8. The first-order valence-corrected chi connectivity index (χ1v) is 6.44. The van der Waals surface area contributed by atoms with E-state index in [0.29, 0.717) is 6.54 Å². The molecule has 5 nitrogen and oxygen atoms in total. The van der Waals surface area contributed by atoms with Crippen LogP contribution in [0.25, 0.3) is 11.3 Å². The number of hydrogen-bond donors (Lipinski definition) is 1. The van der Waals surface area contributed by atoms with E-state index in [2.05, 4.69) is 15.4 Å². The van der Waals surface area contributed by atoms with Crippen molar-refractivity contribution in [3.8, 4) is 11.3 Å². The minimum Gasteiger partial charge on any atom is -0.352 e. The van der Waals surface area contributed by atoms with Gasteiger partial charge in [-0.05, 0) is 30.5 Å². The molecule has 0 saturated heterocycles. The van der Waals surface area contributed by atoms with Crippen LogP contribution in [0, 0.1) is 5.92 Å². The molecule has 5 heteroatoms. The molecule has 0 aliphatic heterocycles. The van der Waals surface area contributed by atoms with E-state index < -0.39 is 0 Å². The first-order valence-electron chi connectivity index (χ1n) is 6.44. The van der Waals surface area contributed by atoms with Gasteiger partial charge < -0.3 is 5.32 Å². The summed E-state index contributed by atoms with van der Waals surface area (Å²) in [4.78, 5) is 15.8. The van der Waals surface area contributed by atoms with Crippen molar-refractivity contribution in [2.75, 3.05) is 0 Å². The molecular formula is C14H16N4O. The largest absolute Gasteiger partial charge is 0.352 e. The van der Waals surface area contributed by atoms with Crippen LogP contribution in [0.15, 0.2) is 30.7 Å². The lowest BCUT2D eigenvalue weighted by Gasteiger charge is -2.06. The number of amides is 1. The van der Waals surface area contributed by atoms with Gasteiger partial charge in [-0.2, -0.15) is 5.10 Å². The Balaban J connectivity index is 1.72. The van der Waals surface area contributed by atoms with Crippen molar-refractivity contribution in [1.82, 2.24) is 20.1 Å². The molecule has 0 atom stereocenters. The number of carbonyl (C=O) groups is 1. The third kappa shape index (κ3) is 2.65. The summed E-state index contributed by atoms with van der Waals surface area (Å²) in [6.07, 6.45) is 7.41. The predicted molar refractivity (Wildman–Crippen MR) is 71.0 cm³/mol. The fourth-order valence-electron chi connectivity index (χ4n) is 2.06. The predicted octanol–water partition coefficient (Wildman–Crippen LogP) is 1.51. The van der Waals surface area contributed by atoms with Gasteiger partial charge in [0, 0.05) is 43.7 Å². The van der Waals surface area contributed by atoms with E-state index in [4.69, 9.17) is 0 Å². The molecule has 1 fully saturated rings. The summed E-state index contributed by atoms with van der Waals surface area (Å²) in [6.45, 7) is 0.536. The highest BCUT2D eigenvalue weighted by Gasteiger charge is 2.29. The second kappa shape index (κ2) is 4.84. The topological polar surface area (TPSA) is 59.8 Å². The lowest BCUT2D eigenvalue weighted by molar-refractivity contribution is -0.122. The Hall–Kier alpha value is -2.17. The van der Waals surface area contributed by atoms with Crippen LogP contribution in [-0.2, 0) is 18.4 Å². The number of nitrogens with zero attached hydrogens (tertiary/aromatic N) is 3. The van der Waals surface area contributed by atoms with Crippen molar-refractivity contribution < 1.29 is 4.79 Å². The smallest absolute Gasteiger partial charge is 0.223 e. The zero-order chi connectivity index (χ0) is 13.2. The minimum absolute atomic E-state index is 0.158. The van der Waals surface area contributed by atoms with Gasteiger partial charge in [0.25, 0.3) is 0 Å². The fraction of sp³-hybridized carbons (Fsp3) is 0.357. The Morgan fingerprint density at radius 2 is 2.32 bits per heavy atom. The molecule has 2 aromatic rings. The van der Waals surface area contributed by atoms with Crippen molar-refractivity contribution in [2.24, 2.45) is 13.0 Å². The third-order valence-electron chi connectivity index (χ3n) is 3.33. The quantitative estimate of drug-likeness (QED) is 0.902. The molecule has 2 heterocycles. The molecule has 0 bridgehead atoms. The second-order valence-electron chi connectivity index (χ2n) is 4.91. The molecule has 98 valence electrons. The Bertz CT molecular complexity index is 601. The Morgan fingerprint density at radius 1 is 1.47 bits per heavy atom. The van der Waals surface area contributed by atoms with E-state index in [-0.39, 0.29) is 11.8 Å². The van der Waals surface area contributed by atoms with Crippen LogP contribution in [0.4, 0.5) is 0 Å². The number of nitrogens with one attached hydrogen (secondary N) is 1. The Labute approximate surface area is 111 Å². The Morgan fingerprint density at radius 3 is 3.00 bits per heavy atom. The molecule has 1 N–H and O–H groups in total. The molecule has 19 heavy (non-hydrogen) atoms. The maximum absolute atomic E-state index is 11.6. The van der Waals surface area contributed by atoms with Crippen molar-refractivity contribution >= 4 is 5.91 Å². The molecule has 2 aromatic heterocycles. The molecule has 1 aliphatic carbocycles. The monoisotopic (exact) mass is 256 g/mol. The molecular weight excluding hydrogens is 240 g/mol. The molecule has 1 saturated carbocycles. The fourth-order valence-corrected chi connectivity index (χ4v) is 2.06. The maximum atomic E-state index is 11.6. The number of hydrogen-bond acceptors (Lipinski definition) is 3. The maximum Gasteiger partial charge on any atom is 0.223 e. The summed E-state index contributed by atoms with van der Waals surface area (Å²) in [5, 5.41) is 7.09. The van der Waals surface area contributed by atoms with Crippen molar-refractivity contribution in [2.45, 2.75) is 19.4 Å². The van der Waals surface area contributed by atoms with E-state index in [1.807, 2.05) is 30.1 Å². The number of aryl methyl sites for hydroxylation is 1. The van der Waals surface area contributed by atoms with E-state index >= 15 is 0 Å². The van der Waals surface area contributed by atoms with Crippen LogP contribution in [0.5, 0.6) is 0 Å². The highest BCUT2D eigenvalue weighted by atomic mass is 16.2. The summed E-state index contributed by atoms with van der Waals surface area (Å²) in [5.74, 6) is 0.402. The van der Waals surface area contributed by atoms with Gasteiger partial charge in [0.2, 0.25) is 5.91 Å². The molecule has 0 radical (unpaired) electrons. The van der Waals surface area contributed by atoms with Crippen LogP contribution in [0.3, 0.4) is 0 Å². The third-order valence-corrected chi connectivity index (χ3v) is 3.33. The van der Waals surface area contributed by atoms with Crippen LogP contribution < -0.4 is 5.32 Å². The standard InChI is InChI=1S/C14H16N4O/c1-18-13(4-5-17-18)12-6-10(7-15-9-12)8-16-14(19)11-2-3-11/h4-7,9,11H,2-3,8H2,1H3,(H,16,19). The molecule has 1 amide bonds. The Kier molecular flexibility index (Phi) is 3.03. The van der Waals surface area contributed by atoms with Crippen LogP contribution in [0.2, 0.25) is 0 Å². The first kappa shape index (κ1) is 11.9. The van der Waals surface area contributed by atoms with Crippen molar-refractivity contribution in [1.29, 1.82) is 0 Å². The second-order valence-corrected chi connectivity index (χ2v) is 4.91. The molecule has 0 spiro atoms. The van der Waals surface area contributed by atoms with Gasteiger partial charge >= 0.3 is 0 Å². The normalized spacial score (nSPS) is 14.4. The molecule has 0 unspecified atom stereocenters. The number of aromatic nitrogens is 3. The molecule has 0 aromatic carbocycles. The highest BCUT2D eigenvalue weighted by Crippen LogP contribution is 2.28. The van der Waals surface area contributed by atoms with E-state index in [9.17, 15) is 4.79 Å². The van der Waals surface area contributed by atoms with Crippen LogP contribution >= 0.6 is 0 Å². The summed E-state index contributed by atoms with van der Waals surface area (Å²) < 4.78 is 1.81. The summed E-state index contributed by atoms with van der Waals surface area (Å²) in [7, 11) is 1.90. The van der Waals surface area contributed by atoms with Gasteiger partial charge in [-0.25, -0.2) is 0 Å². The van der Waals surface area contributed by atoms with Gasteiger partial charge in [0.1, 0.15) is 0 Å². The zero-order valence-corrected chi connectivity index (χ0v) is 10.8. The van der Waals surface area contributed by atoms with Gasteiger partial charge in [-0.1, -0.05) is 0 Å². The molecule has 1 aliphatic rings.